The molecule has 0 amide bonds. The zero-order chi connectivity index (χ0) is 5.56. The fourth-order valence-electron chi connectivity index (χ4n) is 1.76. The van der Waals surface area contributed by atoms with Crippen molar-refractivity contribution in [1.82, 2.24) is 5.32 Å². The number of piperidine rings is 1. The number of hydrogen-bond donors (Lipinski definition) is 1. The van der Waals surface area contributed by atoms with E-state index in [9.17, 15) is 0 Å². The largest absolute Gasteiger partial charge is 0.316 e. The molecular weight excluding hydrogens is 98.1 g/mol. The SMILES string of the molecule is CC1[C]2CNCCC21. The molecule has 1 radical (unpaired) electrons. The Morgan fingerprint density at radius 3 is 3.00 bits per heavy atom. The molecule has 1 saturated heterocycles. The standard InChI is InChI=1S/C7H12N/c1-5-6-2-3-8-4-7(5)6/h5-6,8H,2-4H2,1H3. The molecule has 8 heavy (non-hydrogen) atoms. The van der Waals surface area contributed by atoms with Crippen molar-refractivity contribution < 1.29 is 0 Å². The maximum absolute atomic E-state index is 3.37. The van der Waals surface area contributed by atoms with Crippen molar-refractivity contribution in [2.75, 3.05) is 13.1 Å². The summed E-state index contributed by atoms with van der Waals surface area (Å²) in [5.41, 5.74) is 0. The minimum absolute atomic E-state index is 0.963. The highest BCUT2D eigenvalue weighted by Crippen LogP contribution is 2.51. The number of nitrogens with one attached hydrogen (secondary N) is 1. The Morgan fingerprint density at radius 1 is 1.62 bits per heavy atom. The Morgan fingerprint density at radius 2 is 2.50 bits per heavy atom. The van der Waals surface area contributed by atoms with Crippen molar-refractivity contribution in [3.63, 3.8) is 0 Å². The van der Waals surface area contributed by atoms with Crippen LogP contribution in [0.25, 0.3) is 0 Å². The van der Waals surface area contributed by atoms with Crippen molar-refractivity contribution in [3.05, 3.63) is 5.92 Å². The Balaban J connectivity index is 1.97. The van der Waals surface area contributed by atoms with E-state index in [1.165, 1.54) is 19.5 Å². The van der Waals surface area contributed by atoms with Gasteiger partial charge >= 0.3 is 0 Å². The Labute approximate surface area is 50.5 Å². The predicted molar refractivity (Wildman–Crippen MR) is 33.4 cm³/mol. The van der Waals surface area contributed by atoms with Crippen LogP contribution in [0.2, 0.25) is 0 Å². The minimum atomic E-state index is 0.963. The third kappa shape index (κ3) is 0.510. The van der Waals surface area contributed by atoms with E-state index in [2.05, 4.69) is 12.2 Å². The van der Waals surface area contributed by atoms with Gasteiger partial charge in [-0.2, -0.15) is 0 Å². The van der Waals surface area contributed by atoms with Crippen molar-refractivity contribution in [2.45, 2.75) is 13.3 Å². The van der Waals surface area contributed by atoms with E-state index in [-0.39, 0.29) is 0 Å². The lowest BCUT2D eigenvalue weighted by atomic mass is 10.2. The maximum Gasteiger partial charge on any atom is 0.00193 e. The molecule has 2 atom stereocenters. The van der Waals surface area contributed by atoms with Gasteiger partial charge in [0.2, 0.25) is 0 Å². The molecule has 45 valence electrons. The third-order valence-corrected chi connectivity index (χ3v) is 2.52. The summed E-state index contributed by atoms with van der Waals surface area (Å²) in [5.74, 6) is 3.76. The van der Waals surface area contributed by atoms with Gasteiger partial charge < -0.3 is 5.32 Å². The number of hydrogen-bond acceptors (Lipinski definition) is 1. The number of fused-ring (bicyclic) bond motifs is 1. The Hall–Kier alpha value is -0.0400. The molecule has 0 spiro atoms. The van der Waals surface area contributed by atoms with Gasteiger partial charge in [-0.3, -0.25) is 0 Å². The molecule has 0 aromatic carbocycles. The molecule has 1 heteroatoms. The van der Waals surface area contributed by atoms with Crippen LogP contribution in [-0.2, 0) is 0 Å². The average Bonchev–Trinajstić information content (AvgIpc) is 2.46. The van der Waals surface area contributed by atoms with E-state index >= 15 is 0 Å². The Bertz CT molecular complexity index is 88.6. The van der Waals surface area contributed by atoms with Crippen LogP contribution >= 0.6 is 0 Å². The lowest BCUT2D eigenvalue weighted by Gasteiger charge is -2.07. The third-order valence-electron chi connectivity index (χ3n) is 2.52. The smallest absolute Gasteiger partial charge is 0.00193 e. The van der Waals surface area contributed by atoms with Crippen LogP contribution in [-0.4, -0.2) is 13.1 Å². The van der Waals surface area contributed by atoms with Crippen molar-refractivity contribution >= 4 is 0 Å². The quantitative estimate of drug-likeness (QED) is 0.487. The van der Waals surface area contributed by atoms with Gasteiger partial charge in [-0.1, -0.05) is 6.92 Å². The van der Waals surface area contributed by atoms with Crippen LogP contribution in [0.5, 0.6) is 0 Å². The first-order valence-electron chi connectivity index (χ1n) is 3.46. The first-order chi connectivity index (χ1) is 3.89. The van der Waals surface area contributed by atoms with Gasteiger partial charge in [-0.05, 0) is 30.7 Å². The highest BCUT2D eigenvalue weighted by atomic mass is 14.9. The van der Waals surface area contributed by atoms with E-state index < -0.39 is 0 Å². The summed E-state index contributed by atoms with van der Waals surface area (Å²) in [6.45, 7) is 4.80. The molecule has 1 aliphatic carbocycles. The average molecular weight is 110 g/mol. The van der Waals surface area contributed by atoms with Crippen LogP contribution in [0.4, 0.5) is 0 Å². The highest BCUT2D eigenvalue weighted by molar-refractivity contribution is 5.22. The molecular formula is C7H12N. The summed E-state index contributed by atoms with van der Waals surface area (Å²) in [6.07, 6.45) is 1.40. The van der Waals surface area contributed by atoms with Crippen molar-refractivity contribution in [3.8, 4) is 0 Å². The maximum atomic E-state index is 3.37. The fraction of sp³-hybridized carbons (Fsp3) is 0.857. The molecule has 1 aliphatic heterocycles. The lowest BCUT2D eigenvalue weighted by Crippen LogP contribution is -2.22. The first kappa shape index (κ1) is 4.80. The summed E-state index contributed by atoms with van der Waals surface area (Å²) in [6, 6.07) is 0. The summed E-state index contributed by atoms with van der Waals surface area (Å²) in [7, 11) is 0. The van der Waals surface area contributed by atoms with Gasteiger partial charge in [0.1, 0.15) is 0 Å². The van der Waals surface area contributed by atoms with Gasteiger partial charge in [-0.15, -0.1) is 0 Å². The topological polar surface area (TPSA) is 12.0 Å². The van der Waals surface area contributed by atoms with Crippen LogP contribution in [0.1, 0.15) is 13.3 Å². The number of rotatable bonds is 0. The van der Waals surface area contributed by atoms with E-state index in [0.29, 0.717) is 0 Å². The normalized spacial score (nSPS) is 46.1. The van der Waals surface area contributed by atoms with Gasteiger partial charge in [-0.25, -0.2) is 0 Å². The van der Waals surface area contributed by atoms with Crippen LogP contribution in [0, 0.1) is 17.8 Å². The van der Waals surface area contributed by atoms with Gasteiger partial charge in [0.15, 0.2) is 0 Å². The van der Waals surface area contributed by atoms with Crippen molar-refractivity contribution in [1.29, 1.82) is 0 Å². The highest BCUT2D eigenvalue weighted by Gasteiger charge is 2.47. The molecule has 0 aromatic rings. The molecule has 2 rings (SSSR count). The molecule has 2 unspecified atom stereocenters. The lowest BCUT2D eigenvalue weighted by molar-refractivity contribution is 0.575. The zero-order valence-corrected chi connectivity index (χ0v) is 5.28. The monoisotopic (exact) mass is 110 g/mol. The Kier molecular flexibility index (Phi) is 0.884. The van der Waals surface area contributed by atoms with E-state index in [1.54, 1.807) is 5.92 Å². The fourth-order valence-corrected chi connectivity index (χ4v) is 1.76. The van der Waals surface area contributed by atoms with Gasteiger partial charge in [0.25, 0.3) is 0 Å². The molecule has 0 bridgehead atoms. The van der Waals surface area contributed by atoms with E-state index in [1.807, 2.05) is 0 Å². The molecule has 1 saturated carbocycles. The minimum Gasteiger partial charge on any atom is -0.316 e. The van der Waals surface area contributed by atoms with E-state index in [4.69, 9.17) is 0 Å². The van der Waals surface area contributed by atoms with Crippen molar-refractivity contribution in [2.24, 2.45) is 11.8 Å². The van der Waals surface area contributed by atoms with Crippen LogP contribution in [0.3, 0.4) is 0 Å². The molecule has 2 aliphatic rings. The first-order valence-corrected chi connectivity index (χ1v) is 3.46. The molecule has 1 N–H and O–H groups in total. The summed E-state index contributed by atoms with van der Waals surface area (Å²) >= 11 is 0. The van der Waals surface area contributed by atoms with Crippen LogP contribution in [0.15, 0.2) is 0 Å². The zero-order valence-electron chi connectivity index (χ0n) is 5.28. The van der Waals surface area contributed by atoms with E-state index in [0.717, 1.165) is 11.8 Å². The van der Waals surface area contributed by atoms with Gasteiger partial charge in [0, 0.05) is 6.54 Å². The summed E-state index contributed by atoms with van der Waals surface area (Å²) in [4.78, 5) is 0. The molecule has 1 heterocycles. The summed E-state index contributed by atoms with van der Waals surface area (Å²) in [5, 5.41) is 3.37. The molecule has 2 fully saturated rings. The molecule has 1 nitrogen and oxygen atoms in total. The van der Waals surface area contributed by atoms with Crippen LogP contribution < -0.4 is 5.32 Å². The summed E-state index contributed by atoms with van der Waals surface area (Å²) < 4.78 is 0. The second-order valence-corrected chi connectivity index (χ2v) is 2.94. The molecule has 0 aromatic heterocycles. The second kappa shape index (κ2) is 1.47. The second-order valence-electron chi connectivity index (χ2n) is 2.94. The van der Waals surface area contributed by atoms with Gasteiger partial charge in [0.05, 0.1) is 0 Å². The predicted octanol–water partition coefficient (Wildman–Crippen LogP) is 0.820.